The first-order valence-corrected chi connectivity index (χ1v) is 6.10. The Balaban J connectivity index is 2.14. The number of ether oxygens (including phenoxy) is 1. The summed E-state index contributed by atoms with van der Waals surface area (Å²) in [4.78, 5) is 0. The summed E-state index contributed by atoms with van der Waals surface area (Å²) >= 11 is 0. The molecule has 0 heterocycles. The first-order chi connectivity index (χ1) is 9.49. The van der Waals surface area contributed by atoms with Crippen molar-refractivity contribution < 1.29 is 25.2 Å². The van der Waals surface area contributed by atoms with Gasteiger partial charge in [-0.05, 0) is 48.2 Å². The smallest absolute Gasteiger partial charge is 0.200 e. The van der Waals surface area contributed by atoms with Gasteiger partial charge < -0.3 is 25.2 Å². The van der Waals surface area contributed by atoms with Gasteiger partial charge in [-0.3, -0.25) is 0 Å². The summed E-state index contributed by atoms with van der Waals surface area (Å²) in [5, 5.41) is 37.7. The number of phenols is 4. The van der Waals surface area contributed by atoms with Gasteiger partial charge in [0.05, 0.1) is 7.11 Å². The maximum atomic E-state index is 9.55. The lowest BCUT2D eigenvalue weighted by atomic mass is 10.0. The zero-order valence-corrected chi connectivity index (χ0v) is 11.0. The third-order valence-corrected chi connectivity index (χ3v) is 3.02. The third kappa shape index (κ3) is 3.06. The Bertz CT molecular complexity index is 599. The molecule has 0 amide bonds. The highest BCUT2D eigenvalue weighted by atomic mass is 16.5. The van der Waals surface area contributed by atoms with E-state index in [1.807, 2.05) is 0 Å². The van der Waals surface area contributed by atoms with Crippen LogP contribution in [0.2, 0.25) is 0 Å². The van der Waals surface area contributed by atoms with Crippen molar-refractivity contribution >= 4 is 0 Å². The van der Waals surface area contributed by atoms with Crippen LogP contribution in [0.5, 0.6) is 28.7 Å². The lowest BCUT2D eigenvalue weighted by molar-refractivity contribution is 0.367. The minimum atomic E-state index is -0.521. The molecule has 0 unspecified atom stereocenters. The van der Waals surface area contributed by atoms with E-state index in [1.165, 1.54) is 25.3 Å². The second kappa shape index (κ2) is 5.61. The molecule has 0 aliphatic carbocycles. The maximum absolute atomic E-state index is 9.55. The fourth-order valence-corrected chi connectivity index (χ4v) is 2.00. The van der Waals surface area contributed by atoms with Gasteiger partial charge in [0.2, 0.25) is 0 Å². The Morgan fingerprint density at radius 1 is 0.800 bits per heavy atom. The van der Waals surface area contributed by atoms with E-state index in [-0.39, 0.29) is 17.2 Å². The van der Waals surface area contributed by atoms with Crippen molar-refractivity contribution in [1.82, 2.24) is 0 Å². The zero-order chi connectivity index (χ0) is 14.7. The van der Waals surface area contributed by atoms with Gasteiger partial charge in [0.15, 0.2) is 17.2 Å². The number of methoxy groups -OCH3 is 1. The van der Waals surface area contributed by atoms with Gasteiger partial charge in [0, 0.05) is 6.07 Å². The predicted molar refractivity (Wildman–Crippen MR) is 73.5 cm³/mol. The van der Waals surface area contributed by atoms with Gasteiger partial charge in [-0.25, -0.2) is 0 Å². The minimum absolute atomic E-state index is 0.121. The second-order valence-corrected chi connectivity index (χ2v) is 4.52. The maximum Gasteiger partial charge on any atom is 0.200 e. The Kier molecular flexibility index (Phi) is 3.89. The summed E-state index contributed by atoms with van der Waals surface area (Å²) in [5.41, 5.74) is 1.55. The van der Waals surface area contributed by atoms with Crippen LogP contribution in [0, 0.1) is 0 Å². The van der Waals surface area contributed by atoms with Crippen molar-refractivity contribution in [1.29, 1.82) is 0 Å². The minimum Gasteiger partial charge on any atom is -0.508 e. The van der Waals surface area contributed by atoms with E-state index in [0.29, 0.717) is 24.2 Å². The standard InChI is InChI=1S/C15H16O5/c1-20-12-5-9(4-11(16)8-12)2-3-10-6-13(17)15(19)14(18)7-10/h4-8,16-19H,2-3H2,1H3. The number of aromatic hydroxyl groups is 4. The number of phenolic OH excluding ortho intramolecular Hbond substituents is 4. The summed E-state index contributed by atoms with van der Waals surface area (Å²) in [5.74, 6) is -0.540. The quantitative estimate of drug-likeness (QED) is 0.643. The zero-order valence-electron chi connectivity index (χ0n) is 11.0. The van der Waals surface area contributed by atoms with Gasteiger partial charge in [-0.15, -0.1) is 0 Å². The summed E-state index contributed by atoms with van der Waals surface area (Å²) in [7, 11) is 1.52. The van der Waals surface area contributed by atoms with E-state index in [0.717, 1.165) is 5.56 Å². The molecule has 4 N–H and O–H groups in total. The van der Waals surface area contributed by atoms with Crippen LogP contribution in [0.1, 0.15) is 11.1 Å². The lowest BCUT2D eigenvalue weighted by Gasteiger charge is -2.08. The average Bonchev–Trinajstić information content (AvgIpc) is 2.41. The summed E-state index contributed by atoms with van der Waals surface area (Å²) in [6, 6.07) is 7.74. The van der Waals surface area contributed by atoms with Gasteiger partial charge in [-0.1, -0.05) is 0 Å². The van der Waals surface area contributed by atoms with Crippen LogP contribution < -0.4 is 4.74 Å². The van der Waals surface area contributed by atoms with E-state index >= 15 is 0 Å². The highest BCUT2D eigenvalue weighted by molar-refractivity contribution is 5.51. The molecule has 0 saturated carbocycles. The molecule has 0 aliphatic heterocycles. The van der Waals surface area contributed by atoms with Crippen molar-refractivity contribution in [2.75, 3.05) is 7.11 Å². The van der Waals surface area contributed by atoms with Crippen LogP contribution in [0.3, 0.4) is 0 Å². The van der Waals surface area contributed by atoms with Crippen LogP contribution in [-0.4, -0.2) is 27.5 Å². The first-order valence-electron chi connectivity index (χ1n) is 6.10. The van der Waals surface area contributed by atoms with Gasteiger partial charge in [0.25, 0.3) is 0 Å². The summed E-state index contributed by atoms with van der Waals surface area (Å²) in [6.45, 7) is 0. The number of hydrogen-bond donors (Lipinski definition) is 4. The van der Waals surface area contributed by atoms with Crippen LogP contribution in [0.25, 0.3) is 0 Å². The van der Waals surface area contributed by atoms with Crippen LogP contribution in [0.4, 0.5) is 0 Å². The molecule has 5 heteroatoms. The van der Waals surface area contributed by atoms with E-state index in [1.54, 1.807) is 12.1 Å². The second-order valence-electron chi connectivity index (χ2n) is 4.52. The van der Waals surface area contributed by atoms with E-state index in [4.69, 9.17) is 4.74 Å². The molecule has 2 aromatic carbocycles. The van der Waals surface area contributed by atoms with Crippen molar-refractivity contribution in [3.63, 3.8) is 0 Å². The van der Waals surface area contributed by atoms with Gasteiger partial charge in [0.1, 0.15) is 11.5 Å². The molecule has 0 bridgehead atoms. The molecule has 20 heavy (non-hydrogen) atoms. The normalized spacial score (nSPS) is 10.4. The Hall–Kier alpha value is -2.56. The highest BCUT2D eigenvalue weighted by Gasteiger charge is 2.08. The lowest BCUT2D eigenvalue weighted by Crippen LogP contribution is -1.93. The number of hydrogen-bond acceptors (Lipinski definition) is 5. The third-order valence-electron chi connectivity index (χ3n) is 3.02. The Morgan fingerprint density at radius 3 is 1.90 bits per heavy atom. The van der Waals surface area contributed by atoms with E-state index in [2.05, 4.69) is 0 Å². The molecule has 5 nitrogen and oxygen atoms in total. The monoisotopic (exact) mass is 276 g/mol. The van der Waals surface area contributed by atoms with Crippen molar-refractivity contribution in [3.8, 4) is 28.7 Å². The SMILES string of the molecule is COc1cc(O)cc(CCc2cc(O)c(O)c(O)c2)c1. The molecule has 0 aromatic heterocycles. The fourth-order valence-electron chi connectivity index (χ4n) is 2.00. The molecule has 0 fully saturated rings. The van der Waals surface area contributed by atoms with Gasteiger partial charge >= 0.3 is 0 Å². The Labute approximate surface area is 116 Å². The molecule has 0 radical (unpaired) electrons. The van der Waals surface area contributed by atoms with Crippen LogP contribution in [0.15, 0.2) is 30.3 Å². The highest BCUT2D eigenvalue weighted by Crippen LogP contribution is 2.35. The molecular formula is C15H16O5. The van der Waals surface area contributed by atoms with Crippen molar-refractivity contribution in [3.05, 3.63) is 41.5 Å². The van der Waals surface area contributed by atoms with E-state index < -0.39 is 5.75 Å². The fraction of sp³-hybridized carbons (Fsp3) is 0.200. The van der Waals surface area contributed by atoms with Crippen LogP contribution in [-0.2, 0) is 12.8 Å². The molecule has 2 rings (SSSR count). The van der Waals surface area contributed by atoms with E-state index in [9.17, 15) is 20.4 Å². The number of rotatable bonds is 4. The molecule has 0 aliphatic rings. The molecule has 0 saturated heterocycles. The Morgan fingerprint density at radius 2 is 1.35 bits per heavy atom. The number of aryl methyl sites for hydroxylation is 2. The first kappa shape index (κ1) is 13.9. The molecule has 106 valence electrons. The molecule has 2 aromatic rings. The molecular weight excluding hydrogens is 260 g/mol. The molecule has 0 spiro atoms. The summed E-state index contributed by atoms with van der Waals surface area (Å²) in [6.07, 6.45) is 1.13. The van der Waals surface area contributed by atoms with Crippen molar-refractivity contribution in [2.45, 2.75) is 12.8 Å². The van der Waals surface area contributed by atoms with Crippen molar-refractivity contribution in [2.24, 2.45) is 0 Å². The predicted octanol–water partition coefficient (Wildman–Crippen LogP) is 2.30. The number of benzene rings is 2. The van der Waals surface area contributed by atoms with Crippen LogP contribution >= 0.6 is 0 Å². The average molecular weight is 276 g/mol. The van der Waals surface area contributed by atoms with Gasteiger partial charge in [-0.2, -0.15) is 0 Å². The molecule has 0 atom stereocenters. The topological polar surface area (TPSA) is 90.2 Å². The largest absolute Gasteiger partial charge is 0.508 e. The summed E-state index contributed by atoms with van der Waals surface area (Å²) < 4.78 is 5.07.